The first kappa shape index (κ1) is 7.27. The molecule has 9 heavy (non-hydrogen) atoms. The monoisotopic (exact) mass is 241 g/mol. The second kappa shape index (κ2) is 2.83. The Morgan fingerprint density at radius 3 is 2.78 bits per heavy atom. The van der Waals surface area contributed by atoms with Crippen molar-refractivity contribution in [2.45, 2.75) is 16.5 Å². The second-order valence-corrected chi connectivity index (χ2v) is 3.45. The summed E-state index contributed by atoms with van der Waals surface area (Å²) in [6, 6.07) is -0.0445. The van der Waals surface area contributed by atoms with Gasteiger partial charge in [-0.3, -0.25) is 10.1 Å². The highest BCUT2D eigenvalue weighted by Crippen LogP contribution is 2.17. The molecule has 0 aliphatic carbocycles. The molecule has 0 radical (unpaired) electrons. The van der Waals surface area contributed by atoms with E-state index in [-0.39, 0.29) is 12.0 Å². The Labute approximate surface area is 67.3 Å². The smallest absolute Gasteiger partial charge is 0.322 e. The molecule has 2 atom stereocenters. The first-order chi connectivity index (χ1) is 4.24. The largest absolute Gasteiger partial charge is 0.468 e. The SMILES string of the molecule is COC(=O)C1CC(I)N1. The van der Waals surface area contributed by atoms with Crippen LogP contribution in [0.15, 0.2) is 0 Å². The van der Waals surface area contributed by atoms with Crippen molar-refractivity contribution in [1.82, 2.24) is 5.32 Å². The van der Waals surface area contributed by atoms with Crippen LogP contribution in [-0.2, 0) is 9.53 Å². The number of halogens is 1. The highest BCUT2D eigenvalue weighted by Gasteiger charge is 2.32. The van der Waals surface area contributed by atoms with Crippen LogP contribution in [0.1, 0.15) is 6.42 Å². The maximum absolute atomic E-state index is 10.7. The molecule has 0 aromatic carbocycles. The number of esters is 1. The van der Waals surface area contributed by atoms with Crippen LogP contribution < -0.4 is 5.32 Å². The summed E-state index contributed by atoms with van der Waals surface area (Å²) in [6.45, 7) is 0. The zero-order chi connectivity index (χ0) is 6.85. The van der Waals surface area contributed by atoms with E-state index >= 15 is 0 Å². The molecule has 1 saturated heterocycles. The number of hydrogen-bond acceptors (Lipinski definition) is 3. The Balaban J connectivity index is 2.23. The summed E-state index contributed by atoms with van der Waals surface area (Å²) in [5.74, 6) is -0.150. The Bertz CT molecular complexity index is 122. The lowest BCUT2D eigenvalue weighted by molar-refractivity contribution is -0.145. The molecule has 3 nitrogen and oxygen atoms in total. The van der Waals surface area contributed by atoms with Gasteiger partial charge in [-0.15, -0.1) is 0 Å². The number of alkyl halides is 1. The molecular formula is C5H8INO2. The first-order valence-corrected chi connectivity index (χ1v) is 3.96. The van der Waals surface area contributed by atoms with Crippen LogP contribution in [0.2, 0.25) is 0 Å². The average Bonchev–Trinajstić information content (AvgIpc) is 1.79. The summed E-state index contributed by atoms with van der Waals surface area (Å²) in [5.41, 5.74) is 0. The van der Waals surface area contributed by atoms with Crippen LogP contribution in [0.4, 0.5) is 0 Å². The summed E-state index contributed by atoms with van der Waals surface area (Å²) in [5, 5.41) is 3.01. The number of rotatable bonds is 1. The van der Waals surface area contributed by atoms with Gasteiger partial charge < -0.3 is 4.74 Å². The molecule has 1 fully saturated rings. The number of carbonyl (C=O) groups excluding carboxylic acids is 1. The predicted octanol–water partition coefficient (Wildman–Crippen LogP) is 0.282. The molecule has 2 unspecified atom stereocenters. The van der Waals surface area contributed by atoms with E-state index in [9.17, 15) is 4.79 Å². The lowest BCUT2D eigenvalue weighted by Gasteiger charge is -2.30. The third-order valence-corrected chi connectivity index (χ3v) is 2.18. The zero-order valence-electron chi connectivity index (χ0n) is 5.06. The lowest BCUT2D eigenvalue weighted by Crippen LogP contribution is -2.53. The van der Waals surface area contributed by atoms with Gasteiger partial charge in [0.1, 0.15) is 6.04 Å². The molecule has 52 valence electrons. The van der Waals surface area contributed by atoms with Gasteiger partial charge in [-0.1, -0.05) is 22.6 Å². The van der Waals surface area contributed by atoms with Crippen molar-refractivity contribution in [3.8, 4) is 0 Å². The number of ether oxygens (including phenoxy) is 1. The molecule has 1 rings (SSSR count). The van der Waals surface area contributed by atoms with Gasteiger partial charge in [0.05, 0.1) is 11.2 Å². The molecule has 0 aromatic heterocycles. The van der Waals surface area contributed by atoms with Gasteiger partial charge in [-0.25, -0.2) is 0 Å². The van der Waals surface area contributed by atoms with Crippen LogP contribution in [0.3, 0.4) is 0 Å². The van der Waals surface area contributed by atoms with Gasteiger partial charge in [0.2, 0.25) is 0 Å². The first-order valence-electron chi connectivity index (χ1n) is 2.72. The van der Waals surface area contributed by atoms with Crippen LogP contribution in [0.5, 0.6) is 0 Å². The van der Waals surface area contributed by atoms with Crippen molar-refractivity contribution in [1.29, 1.82) is 0 Å². The molecule has 1 aliphatic rings. The van der Waals surface area contributed by atoms with Crippen LogP contribution in [-0.4, -0.2) is 23.2 Å². The third-order valence-electron chi connectivity index (χ3n) is 1.31. The minimum absolute atomic E-state index is 0.0445. The molecule has 0 saturated carbocycles. The van der Waals surface area contributed by atoms with Crippen LogP contribution in [0, 0.1) is 0 Å². The molecule has 0 bridgehead atoms. The molecule has 0 spiro atoms. The van der Waals surface area contributed by atoms with Gasteiger partial charge in [-0.2, -0.15) is 0 Å². The second-order valence-electron chi connectivity index (χ2n) is 1.95. The average molecular weight is 241 g/mol. The summed E-state index contributed by atoms with van der Waals surface area (Å²) < 4.78 is 4.95. The predicted molar refractivity (Wildman–Crippen MR) is 41.4 cm³/mol. The van der Waals surface area contributed by atoms with Crippen molar-refractivity contribution in [2.75, 3.05) is 7.11 Å². The van der Waals surface area contributed by atoms with E-state index in [4.69, 9.17) is 0 Å². The van der Waals surface area contributed by atoms with Crippen molar-refractivity contribution < 1.29 is 9.53 Å². The van der Waals surface area contributed by atoms with Gasteiger partial charge in [0, 0.05) is 0 Å². The van der Waals surface area contributed by atoms with Gasteiger partial charge >= 0.3 is 5.97 Å². The molecule has 1 heterocycles. The van der Waals surface area contributed by atoms with Crippen molar-refractivity contribution in [3.05, 3.63) is 0 Å². The minimum atomic E-state index is -0.150. The van der Waals surface area contributed by atoms with Gasteiger partial charge in [0.15, 0.2) is 0 Å². The van der Waals surface area contributed by atoms with E-state index in [2.05, 4.69) is 32.6 Å². The Morgan fingerprint density at radius 2 is 2.44 bits per heavy atom. The Hall–Kier alpha value is 0.160. The highest BCUT2D eigenvalue weighted by atomic mass is 127. The molecule has 4 heteroatoms. The van der Waals surface area contributed by atoms with Gasteiger partial charge in [-0.05, 0) is 6.42 Å². The summed E-state index contributed by atoms with van der Waals surface area (Å²) >= 11 is 2.24. The lowest BCUT2D eigenvalue weighted by atomic mass is 10.1. The summed E-state index contributed by atoms with van der Waals surface area (Å²) in [7, 11) is 1.41. The molecule has 0 amide bonds. The topological polar surface area (TPSA) is 38.3 Å². The van der Waals surface area contributed by atoms with E-state index < -0.39 is 0 Å². The molecular weight excluding hydrogens is 233 g/mol. The standard InChI is InChI=1S/C5H8INO2/c1-9-5(8)3-2-4(6)7-3/h3-4,7H,2H2,1H3. The van der Waals surface area contributed by atoms with E-state index in [1.54, 1.807) is 0 Å². The fourth-order valence-electron chi connectivity index (χ4n) is 0.707. The number of carbonyl (C=O) groups is 1. The van der Waals surface area contributed by atoms with E-state index in [0.29, 0.717) is 4.05 Å². The summed E-state index contributed by atoms with van der Waals surface area (Å²) in [6.07, 6.45) is 0.896. The number of nitrogens with one attached hydrogen (secondary N) is 1. The fourth-order valence-corrected chi connectivity index (χ4v) is 1.65. The number of methoxy groups -OCH3 is 1. The zero-order valence-corrected chi connectivity index (χ0v) is 7.21. The number of hydrogen-bond donors (Lipinski definition) is 1. The maximum atomic E-state index is 10.7. The van der Waals surface area contributed by atoms with Gasteiger partial charge in [0.25, 0.3) is 0 Å². The minimum Gasteiger partial charge on any atom is -0.468 e. The Kier molecular flexibility index (Phi) is 2.29. The third kappa shape index (κ3) is 1.54. The van der Waals surface area contributed by atoms with E-state index in [1.807, 2.05) is 0 Å². The Morgan fingerprint density at radius 1 is 1.89 bits per heavy atom. The highest BCUT2D eigenvalue weighted by molar-refractivity contribution is 14.1. The van der Waals surface area contributed by atoms with Crippen molar-refractivity contribution in [2.24, 2.45) is 0 Å². The summed E-state index contributed by atoms with van der Waals surface area (Å²) in [4.78, 5) is 10.7. The van der Waals surface area contributed by atoms with Crippen molar-refractivity contribution >= 4 is 28.6 Å². The quantitative estimate of drug-likeness (QED) is 0.310. The van der Waals surface area contributed by atoms with Crippen molar-refractivity contribution in [3.63, 3.8) is 0 Å². The van der Waals surface area contributed by atoms with E-state index in [1.165, 1.54) is 7.11 Å². The fraction of sp³-hybridized carbons (Fsp3) is 0.800. The maximum Gasteiger partial charge on any atom is 0.322 e. The molecule has 1 aliphatic heterocycles. The molecule has 0 aromatic rings. The molecule has 1 N–H and O–H groups in total. The van der Waals surface area contributed by atoms with Crippen LogP contribution >= 0.6 is 22.6 Å². The van der Waals surface area contributed by atoms with Crippen LogP contribution in [0.25, 0.3) is 0 Å². The van der Waals surface area contributed by atoms with E-state index in [0.717, 1.165) is 6.42 Å². The normalized spacial score (nSPS) is 33.1.